The fourth-order valence-corrected chi connectivity index (χ4v) is 3.51. The Labute approximate surface area is 146 Å². The van der Waals surface area contributed by atoms with Gasteiger partial charge in [0, 0.05) is 17.7 Å². The minimum atomic E-state index is -1.12. The summed E-state index contributed by atoms with van der Waals surface area (Å²) in [7, 11) is 0. The third kappa shape index (κ3) is 3.24. The molecule has 0 fully saturated rings. The first kappa shape index (κ1) is 18.6. The second kappa shape index (κ2) is 7.91. The molecule has 130 valence electrons. The molecule has 7 N–H and O–H groups in total. The Morgan fingerprint density at radius 1 is 1.12 bits per heavy atom. The molecule has 0 saturated carbocycles. The van der Waals surface area contributed by atoms with E-state index in [2.05, 4.69) is 20.9 Å². The Morgan fingerprint density at radius 3 is 2.29 bits per heavy atom. The highest BCUT2D eigenvalue weighted by Gasteiger charge is 2.24. The normalized spacial score (nSPS) is 11.0. The third-order valence-electron chi connectivity index (χ3n) is 3.91. The monoisotopic (exact) mass is 398 g/mol. The van der Waals surface area contributed by atoms with Gasteiger partial charge < -0.3 is 31.1 Å². The molecule has 0 aliphatic rings. The second-order valence-corrected chi connectivity index (χ2v) is 6.01. The number of nitrogens with one attached hydrogen (secondary N) is 1. The summed E-state index contributed by atoms with van der Waals surface area (Å²) in [4.78, 5) is 14.2. The average Bonchev–Trinajstić information content (AvgIpc) is 2.90. The number of H-pyrrole nitrogens is 1. The number of rotatable bonds is 7. The molecule has 0 saturated heterocycles. The van der Waals surface area contributed by atoms with Crippen LogP contribution in [0.2, 0.25) is 0 Å². The Bertz CT molecular complexity index is 757. The molecule has 8 heteroatoms. The fourth-order valence-electron chi connectivity index (χ4n) is 2.79. The van der Waals surface area contributed by atoms with Crippen LogP contribution < -0.4 is 5.73 Å². The van der Waals surface area contributed by atoms with E-state index < -0.39 is 5.97 Å². The molecule has 0 aliphatic carbocycles. The number of carboxylic acid groups (broad SMARTS) is 1. The minimum absolute atomic E-state index is 0.00544. The van der Waals surface area contributed by atoms with Gasteiger partial charge in [0.05, 0.1) is 24.3 Å². The lowest BCUT2D eigenvalue weighted by Crippen LogP contribution is -2.06. The van der Waals surface area contributed by atoms with Crippen LogP contribution in [-0.2, 0) is 26.2 Å². The first-order chi connectivity index (χ1) is 11.5. The molecule has 1 aromatic heterocycles. The number of hydrogen-bond acceptors (Lipinski definition) is 5. The van der Waals surface area contributed by atoms with E-state index in [0.29, 0.717) is 50.9 Å². The number of aromatic carboxylic acids is 1. The molecule has 0 atom stereocenters. The van der Waals surface area contributed by atoms with E-state index in [4.69, 9.17) is 5.73 Å². The Kier molecular flexibility index (Phi) is 6.14. The van der Waals surface area contributed by atoms with E-state index in [1.165, 1.54) is 0 Å². The van der Waals surface area contributed by atoms with E-state index in [9.17, 15) is 25.2 Å². The van der Waals surface area contributed by atoms with Gasteiger partial charge in [-0.25, -0.2) is 4.79 Å². The third-order valence-corrected chi connectivity index (χ3v) is 4.70. The highest BCUT2D eigenvalue weighted by atomic mass is 79.9. The summed E-state index contributed by atoms with van der Waals surface area (Å²) >= 11 is 3.31. The molecule has 0 aliphatic heterocycles. The standard InChI is InChI=1S/C16H19BrN2O5/c17-14-13(12(3-4-18)19-15(14)16(23)24)9-2-1-8(5-20)10(6-21)11(9)7-22/h1-2,19-22H,3-7,18H2,(H,23,24). The molecule has 2 rings (SSSR count). The molecule has 0 bridgehead atoms. The number of nitrogens with two attached hydrogens (primary N) is 1. The van der Waals surface area contributed by atoms with Crippen molar-refractivity contribution < 1.29 is 25.2 Å². The number of aliphatic hydroxyl groups excluding tert-OH is 3. The molecule has 2 aromatic rings. The van der Waals surface area contributed by atoms with Crippen LogP contribution in [-0.4, -0.2) is 37.9 Å². The van der Waals surface area contributed by atoms with Gasteiger partial charge in [-0.2, -0.15) is 0 Å². The quantitative estimate of drug-likeness (QED) is 0.412. The SMILES string of the molecule is NCCc1[nH]c(C(=O)O)c(Br)c1-c1ccc(CO)c(CO)c1CO. The minimum Gasteiger partial charge on any atom is -0.477 e. The fraction of sp³-hybridized carbons (Fsp3) is 0.312. The molecule has 0 amide bonds. The maximum atomic E-state index is 11.4. The summed E-state index contributed by atoms with van der Waals surface area (Å²) in [6.45, 7) is -0.663. The highest BCUT2D eigenvalue weighted by Crippen LogP contribution is 2.38. The van der Waals surface area contributed by atoms with Crippen LogP contribution >= 0.6 is 15.9 Å². The predicted octanol–water partition coefficient (Wildman–Crippen LogP) is 1.12. The lowest BCUT2D eigenvalue weighted by Gasteiger charge is -2.16. The van der Waals surface area contributed by atoms with Crippen LogP contribution in [0.3, 0.4) is 0 Å². The lowest BCUT2D eigenvalue weighted by molar-refractivity contribution is 0.0690. The van der Waals surface area contributed by atoms with Crippen LogP contribution in [0.4, 0.5) is 0 Å². The van der Waals surface area contributed by atoms with Crippen LogP contribution in [0.25, 0.3) is 11.1 Å². The molecule has 1 heterocycles. The van der Waals surface area contributed by atoms with Crippen LogP contribution in [0, 0.1) is 0 Å². The van der Waals surface area contributed by atoms with Crippen molar-refractivity contribution >= 4 is 21.9 Å². The number of halogens is 1. The highest BCUT2D eigenvalue weighted by molar-refractivity contribution is 9.10. The molecule has 0 radical (unpaired) electrons. The van der Waals surface area contributed by atoms with E-state index in [-0.39, 0.29) is 25.5 Å². The maximum absolute atomic E-state index is 11.4. The van der Waals surface area contributed by atoms with Gasteiger partial charge in [-0.1, -0.05) is 12.1 Å². The van der Waals surface area contributed by atoms with Crippen molar-refractivity contribution in [1.82, 2.24) is 4.98 Å². The van der Waals surface area contributed by atoms with Crippen molar-refractivity contribution in [2.75, 3.05) is 6.54 Å². The van der Waals surface area contributed by atoms with Crippen LogP contribution in [0.5, 0.6) is 0 Å². The summed E-state index contributed by atoms with van der Waals surface area (Å²) in [6.07, 6.45) is 0.419. The molecular weight excluding hydrogens is 380 g/mol. The molecule has 0 spiro atoms. The Hall–Kier alpha value is -1.71. The number of aliphatic hydroxyl groups is 3. The van der Waals surface area contributed by atoms with Gasteiger partial charge in [0.1, 0.15) is 5.69 Å². The molecule has 24 heavy (non-hydrogen) atoms. The van der Waals surface area contributed by atoms with Crippen molar-refractivity contribution in [2.45, 2.75) is 26.2 Å². The summed E-state index contributed by atoms with van der Waals surface area (Å²) < 4.78 is 0.355. The van der Waals surface area contributed by atoms with Crippen molar-refractivity contribution in [3.63, 3.8) is 0 Å². The maximum Gasteiger partial charge on any atom is 0.353 e. The average molecular weight is 399 g/mol. The van der Waals surface area contributed by atoms with Crippen LogP contribution in [0.1, 0.15) is 32.9 Å². The number of carboxylic acids is 1. The van der Waals surface area contributed by atoms with Gasteiger partial charge in [-0.05, 0) is 44.7 Å². The van der Waals surface area contributed by atoms with Crippen molar-refractivity contribution in [1.29, 1.82) is 0 Å². The summed E-state index contributed by atoms with van der Waals surface area (Å²) in [5.41, 5.74) is 8.78. The topological polar surface area (TPSA) is 140 Å². The number of aromatic amines is 1. The Balaban J connectivity index is 2.78. The zero-order valence-electron chi connectivity index (χ0n) is 12.8. The van der Waals surface area contributed by atoms with E-state index in [0.717, 1.165) is 0 Å². The smallest absolute Gasteiger partial charge is 0.353 e. The van der Waals surface area contributed by atoms with Crippen molar-refractivity contribution in [3.05, 3.63) is 44.7 Å². The summed E-state index contributed by atoms with van der Waals surface area (Å²) in [5.74, 6) is -1.12. The first-order valence-electron chi connectivity index (χ1n) is 7.30. The first-order valence-corrected chi connectivity index (χ1v) is 8.09. The van der Waals surface area contributed by atoms with Crippen LogP contribution in [0.15, 0.2) is 16.6 Å². The van der Waals surface area contributed by atoms with Gasteiger partial charge in [0.2, 0.25) is 0 Å². The van der Waals surface area contributed by atoms with Gasteiger partial charge in [0.15, 0.2) is 0 Å². The molecular formula is C16H19BrN2O5. The second-order valence-electron chi connectivity index (χ2n) is 5.22. The Morgan fingerprint density at radius 2 is 1.79 bits per heavy atom. The van der Waals surface area contributed by atoms with E-state index >= 15 is 0 Å². The summed E-state index contributed by atoms with van der Waals surface area (Å²) in [6, 6.07) is 3.34. The van der Waals surface area contributed by atoms with Crippen molar-refractivity contribution in [2.24, 2.45) is 5.73 Å². The van der Waals surface area contributed by atoms with E-state index in [1.807, 2.05) is 0 Å². The van der Waals surface area contributed by atoms with Gasteiger partial charge in [-0.15, -0.1) is 0 Å². The zero-order chi connectivity index (χ0) is 17.9. The van der Waals surface area contributed by atoms with Crippen molar-refractivity contribution in [3.8, 4) is 11.1 Å². The number of benzene rings is 1. The van der Waals surface area contributed by atoms with Gasteiger partial charge >= 0.3 is 5.97 Å². The zero-order valence-corrected chi connectivity index (χ0v) is 14.4. The van der Waals surface area contributed by atoms with E-state index in [1.54, 1.807) is 12.1 Å². The molecule has 1 aromatic carbocycles. The molecule has 0 unspecified atom stereocenters. The van der Waals surface area contributed by atoms with Gasteiger partial charge in [0.25, 0.3) is 0 Å². The lowest BCUT2D eigenvalue weighted by atomic mass is 9.92. The number of carbonyl (C=O) groups is 1. The summed E-state index contributed by atoms with van der Waals surface area (Å²) in [5, 5.41) is 38.1. The predicted molar refractivity (Wildman–Crippen MR) is 91.4 cm³/mol. The molecule has 7 nitrogen and oxygen atoms in total. The van der Waals surface area contributed by atoms with Gasteiger partial charge in [-0.3, -0.25) is 0 Å². The number of aromatic nitrogens is 1. The largest absolute Gasteiger partial charge is 0.477 e. The number of hydrogen-bond donors (Lipinski definition) is 6.